The van der Waals surface area contributed by atoms with Crippen molar-refractivity contribution in [3.05, 3.63) is 81.8 Å². The summed E-state index contributed by atoms with van der Waals surface area (Å²) < 4.78 is 32.3. The van der Waals surface area contributed by atoms with Crippen LogP contribution in [0.1, 0.15) is 48.5 Å². The average Bonchev–Trinajstić information content (AvgIpc) is 3.61. The van der Waals surface area contributed by atoms with E-state index in [-0.39, 0.29) is 23.9 Å². The first-order chi connectivity index (χ1) is 16.2. The highest BCUT2D eigenvalue weighted by atomic mass is 32.2. The third-order valence-electron chi connectivity index (χ3n) is 5.39. The Kier molecular flexibility index (Phi) is 6.70. The van der Waals surface area contributed by atoms with E-state index in [4.69, 9.17) is 4.74 Å². The molecule has 2 aromatic heterocycles. The molecule has 2 heterocycles. The first-order valence-electron chi connectivity index (χ1n) is 10.9. The Balaban J connectivity index is 1.43. The summed E-state index contributed by atoms with van der Waals surface area (Å²) in [5.41, 5.74) is 2.86. The van der Waals surface area contributed by atoms with Gasteiger partial charge in [0.05, 0.1) is 30.4 Å². The lowest BCUT2D eigenvalue weighted by Gasteiger charge is -2.19. The number of nitrogens with one attached hydrogen (secondary N) is 1. The molecule has 1 atom stereocenters. The van der Waals surface area contributed by atoms with Crippen LogP contribution >= 0.6 is 0 Å². The molecule has 0 unspecified atom stereocenters. The molecule has 34 heavy (non-hydrogen) atoms. The third kappa shape index (κ3) is 6.23. The summed E-state index contributed by atoms with van der Waals surface area (Å²) in [6.45, 7) is 3.89. The van der Waals surface area contributed by atoms with Crippen LogP contribution < -0.4 is 15.0 Å². The Morgan fingerprint density at radius 1 is 1.18 bits per heavy atom. The number of sulfonamides is 1. The fourth-order valence-corrected chi connectivity index (χ4v) is 4.05. The molecule has 1 saturated carbocycles. The second-order valence-electron chi connectivity index (χ2n) is 8.43. The van der Waals surface area contributed by atoms with Gasteiger partial charge in [0.15, 0.2) is 5.82 Å². The van der Waals surface area contributed by atoms with Crippen molar-refractivity contribution in [1.29, 1.82) is 0 Å². The molecule has 0 spiro atoms. The van der Waals surface area contributed by atoms with E-state index in [0.29, 0.717) is 17.5 Å². The molecule has 9 heteroatoms. The fourth-order valence-electron chi connectivity index (χ4n) is 3.51. The molecule has 1 aromatic carbocycles. The van der Waals surface area contributed by atoms with E-state index >= 15 is 0 Å². The smallest absolute Gasteiger partial charge is 0.254 e. The Labute approximate surface area is 199 Å². The van der Waals surface area contributed by atoms with E-state index in [2.05, 4.69) is 26.5 Å². The van der Waals surface area contributed by atoms with Gasteiger partial charge in [0.1, 0.15) is 12.4 Å². The van der Waals surface area contributed by atoms with Crippen LogP contribution in [-0.2, 0) is 16.6 Å². The fraction of sp³-hybridized carbons (Fsp3) is 0.320. The summed E-state index contributed by atoms with van der Waals surface area (Å²) in [6, 6.07) is 11.1. The van der Waals surface area contributed by atoms with E-state index in [1.165, 1.54) is 31.3 Å². The molecular formula is C25H26N4O4S. The summed E-state index contributed by atoms with van der Waals surface area (Å²) in [6.07, 6.45) is 6.18. The van der Waals surface area contributed by atoms with Crippen molar-refractivity contribution in [2.45, 2.75) is 39.3 Å². The van der Waals surface area contributed by atoms with E-state index in [1.807, 2.05) is 38.1 Å². The lowest BCUT2D eigenvalue weighted by atomic mass is 10.1. The van der Waals surface area contributed by atoms with Crippen molar-refractivity contribution in [2.75, 3.05) is 11.0 Å². The number of benzene rings is 1. The van der Waals surface area contributed by atoms with Crippen molar-refractivity contribution >= 4 is 15.7 Å². The number of pyridine rings is 1. The van der Waals surface area contributed by atoms with Crippen LogP contribution in [-0.4, -0.2) is 29.2 Å². The minimum Gasteiger partial charge on any atom is -0.485 e. The second kappa shape index (κ2) is 9.69. The van der Waals surface area contributed by atoms with E-state index in [1.54, 1.807) is 10.6 Å². The molecule has 0 saturated heterocycles. The highest BCUT2D eigenvalue weighted by Crippen LogP contribution is 2.27. The number of aryl methyl sites for hydroxylation is 1. The number of hydrogen-bond donors (Lipinski definition) is 1. The van der Waals surface area contributed by atoms with Crippen molar-refractivity contribution < 1.29 is 13.2 Å². The molecule has 0 bridgehead atoms. The van der Waals surface area contributed by atoms with Crippen LogP contribution in [0, 0.1) is 24.7 Å². The topological polar surface area (TPSA) is 103 Å². The van der Waals surface area contributed by atoms with Gasteiger partial charge in [-0.3, -0.25) is 9.52 Å². The first-order valence-corrected chi connectivity index (χ1v) is 12.8. The monoisotopic (exact) mass is 478 g/mol. The van der Waals surface area contributed by atoms with Crippen LogP contribution in [0.5, 0.6) is 5.75 Å². The minimum atomic E-state index is -3.40. The van der Waals surface area contributed by atoms with Crippen molar-refractivity contribution in [3.63, 3.8) is 0 Å². The lowest BCUT2D eigenvalue weighted by Crippen LogP contribution is -2.25. The summed E-state index contributed by atoms with van der Waals surface area (Å²) in [7, 11) is -3.40. The van der Waals surface area contributed by atoms with Crippen LogP contribution in [0.4, 0.5) is 5.69 Å². The quantitative estimate of drug-likeness (QED) is 0.523. The van der Waals surface area contributed by atoms with Gasteiger partial charge in [0.2, 0.25) is 10.0 Å². The average molecular weight is 479 g/mol. The van der Waals surface area contributed by atoms with Gasteiger partial charge in [-0.1, -0.05) is 24.0 Å². The zero-order valence-corrected chi connectivity index (χ0v) is 20.1. The highest BCUT2D eigenvalue weighted by Gasteiger charge is 2.18. The van der Waals surface area contributed by atoms with Crippen molar-refractivity contribution in [3.8, 4) is 17.6 Å². The van der Waals surface area contributed by atoms with Gasteiger partial charge < -0.3 is 9.30 Å². The highest BCUT2D eigenvalue weighted by molar-refractivity contribution is 7.92. The summed E-state index contributed by atoms with van der Waals surface area (Å²) in [5.74, 6) is 7.80. The summed E-state index contributed by atoms with van der Waals surface area (Å²) >= 11 is 0. The predicted octanol–water partition coefficient (Wildman–Crippen LogP) is 3.27. The van der Waals surface area contributed by atoms with Gasteiger partial charge in [-0.05, 0) is 50.5 Å². The van der Waals surface area contributed by atoms with Gasteiger partial charge in [-0.2, -0.15) is 0 Å². The van der Waals surface area contributed by atoms with Gasteiger partial charge in [0, 0.05) is 23.2 Å². The lowest BCUT2D eigenvalue weighted by molar-refractivity contribution is 0.294. The molecule has 1 fully saturated rings. The number of ether oxygens (including phenoxy) is 1. The number of rotatable bonds is 7. The molecule has 1 aliphatic rings. The van der Waals surface area contributed by atoms with E-state index in [0.717, 1.165) is 23.1 Å². The largest absolute Gasteiger partial charge is 0.485 e. The minimum absolute atomic E-state index is 0.0426. The maximum absolute atomic E-state index is 12.9. The molecule has 0 aliphatic heterocycles. The third-order valence-corrected chi connectivity index (χ3v) is 6.00. The second-order valence-corrected chi connectivity index (χ2v) is 10.2. The van der Waals surface area contributed by atoms with Crippen LogP contribution in [0.3, 0.4) is 0 Å². The number of aromatic nitrogens is 3. The van der Waals surface area contributed by atoms with Crippen molar-refractivity contribution in [1.82, 2.24) is 14.5 Å². The maximum Gasteiger partial charge on any atom is 0.254 e. The number of anilines is 1. The van der Waals surface area contributed by atoms with Gasteiger partial charge >= 0.3 is 0 Å². The number of hydrogen-bond acceptors (Lipinski definition) is 6. The maximum atomic E-state index is 12.9. The summed E-state index contributed by atoms with van der Waals surface area (Å²) in [5, 5.41) is 0. The van der Waals surface area contributed by atoms with E-state index in [9.17, 15) is 13.2 Å². The molecule has 1 N–H and O–H groups in total. The van der Waals surface area contributed by atoms with Gasteiger partial charge in [-0.15, -0.1) is 0 Å². The zero-order valence-electron chi connectivity index (χ0n) is 19.3. The van der Waals surface area contributed by atoms with Gasteiger partial charge in [-0.25, -0.2) is 18.4 Å². The Morgan fingerprint density at radius 3 is 2.44 bits per heavy atom. The molecular weight excluding hydrogens is 452 g/mol. The van der Waals surface area contributed by atoms with Gasteiger partial charge in [0.25, 0.3) is 5.56 Å². The Bertz CT molecular complexity index is 1400. The van der Waals surface area contributed by atoms with Crippen LogP contribution in [0.25, 0.3) is 0 Å². The Hall–Kier alpha value is -3.64. The van der Waals surface area contributed by atoms with Crippen LogP contribution in [0.15, 0.2) is 53.6 Å². The summed E-state index contributed by atoms with van der Waals surface area (Å²) in [4.78, 5) is 21.1. The first kappa shape index (κ1) is 23.5. The predicted molar refractivity (Wildman–Crippen MR) is 130 cm³/mol. The standard InChI is InChI=1S/C25H26N4O4S/c1-17-12-23(33-16-24-26-14-22(15-27-24)28-34(3,31)32)13-25(30)29(17)18(2)21-10-8-20(9-11-21)7-6-19-4-5-19/h8-15,18-19,28H,4-5,16H2,1-3H3/t18-/m1/s1. The molecule has 176 valence electrons. The van der Waals surface area contributed by atoms with E-state index < -0.39 is 10.0 Å². The van der Waals surface area contributed by atoms with Crippen LogP contribution in [0.2, 0.25) is 0 Å². The molecule has 1 aliphatic carbocycles. The Morgan fingerprint density at radius 2 is 1.85 bits per heavy atom. The molecule has 8 nitrogen and oxygen atoms in total. The zero-order chi connectivity index (χ0) is 24.3. The number of nitrogens with zero attached hydrogens (tertiary/aromatic N) is 3. The molecule has 3 aromatic rings. The SMILES string of the molecule is Cc1cc(OCc2ncc(NS(C)(=O)=O)cn2)cc(=O)n1[C@H](C)c1ccc(C#CC2CC2)cc1. The molecule has 4 rings (SSSR count). The molecule has 0 radical (unpaired) electrons. The molecule has 0 amide bonds. The van der Waals surface area contributed by atoms with Crippen molar-refractivity contribution in [2.24, 2.45) is 5.92 Å². The normalized spacial score (nSPS) is 14.1.